The molecule has 4 saturated carbocycles. The third-order valence-corrected chi connectivity index (χ3v) is 14.0. The van der Waals surface area contributed by atoms with Crippen LogP contribution in [0.15, 0.2) is 60.8 Å². The van der Waals surface area contributed by atoms with Gasteiger partial charge in [-0.3, -0.25) is 14.4 Å². The number of carbonyl (C=O) groups excluding carboxylic acids is 2. The van der Waals surface area contributed by atoms with Gasteiger partial charge in [-0.1, -0.05) is 88.5 Å². The summed E-state index contributed by atoms with van der Waals surface area (Å²) in [5.41, 5.74) is 0.0131. The van der Waals surface area contributed by atoms with Crippen LogP contribution in [-0.4, -0.2) is 46.8 Å². The summed E-state index contributed by atoms with van der Waals surface area (Å²) in [6, 6.07) is 0. The molecule has 3 N–H and O–H groups in total. The fourth-order valence-corrected chi connectivity index (χ4v) is 11.1. The van der Waals surface area contributed by atoms with Crippen molar-refractivity contribution in [3.8, 4) is 0 Å². The van der Waals surface area contributed by atoms with Gasteiger partial charge in [0.1, 0.15) is 12.6 Å². The maximum absolute atomic E-state index is 12.8. The Balaban J connectivity index is 1.15. The van der Waals surface area contributed by atoms with Crippen molar-refractivity contribution in [1.82, 2.24) is 5.32 Å². The van der Waals surface area contributed by atoms with E-state index >= 15 is 0 Å². The van der Waals surface area contributed by atoms with E-state index in [4.69, 9.17) is 9.84 Å². The lowest BCUT2D eigenvalue weighted by Crippen LogP contribution is -2.59. The summed E-state index contributed by atoms with van der Waals surface area (Å²) >= 11 is 0. The first kappa shape index (κ1) is 42.8. The van der Waals surface area contributed by atoms with Crippen LogP contribution in [-0.2, 0) is 19.1 Å². The SMILES string of the molecule is CC/C=C\C/C=C\C/C=C\C/C=C\C/C=C\CCCC(=O)OC1CCC2(C)C(CCC3C2CC(O)C2(C)C(C(C)CCC(=O)NCC(=O)O)CCC32)C1. The third kappa shape index (κ3) is 11.8. The molecule has 4 fully saturated rings. The molecule has 0 saturated heterocycles. The van der Waals surface area contributed by atoms with E-state index in [0.29, 0.717) is 48.9 Å². The lowest BCUT2D eigenvalue weighted by Gasteiger charge is -2.62. The summed E-state index contributed by atoms with van der Waals surface area (Å²) in [6.07, 6.45) is 38.2. The zero-order chi connectivity index (χ0) is 38.3. The van der Waals surface area contributed by atoms with Crippen LogP contribution >= 0.6 is 0 Å². The van der Waals surface area contributed by atoms with Crippen LogP contribution in [0.25, 0.3) is 0 Å². The third-order valence-electron chi connectivity index (χ3n) is 14.0. The number of carbonyl (C=O) groups is 3. The zero-order valence-electron chi connectivity index (χ0n) is 33.4. The van der Waals surface area contributed by atoms with Crippen LogP contribution in [0.2, 0.25) is 0 Å². The Labute approximate surface area is 320 Å². The van der Waals surface area contributed by atoms with Crippen molar-refractivity contribution in [2.75, 3.05) is 6.54 Å². The number of amides is 1. The van der Waals surface area contributed by atoms with Crippen LogP contribution in [0.1, 0.15) is 143 Å². The number of carboxylic acids is 1. The fraction of sp³-hybridized carbons (Fsp3) is 0.717. The summed E-state index contributed by atoms with van der Waals surface area (Å²) in [7, 11) is 0. The average Bonchev–Trinajstić information content (AvgIpc) is 3.50. The summed E-state index contributed by atoms with van der Waals surface area (Å²) < 4.78 is 6.07. The molecule has 0 aliphatic heterocycles. The molecule has 10 atom stereocenters. The van der Waals surface area contributed by atoms with E-state index in [1.54, 1.807) is 0 Å². The van der Waals surface area contributed by atoms with Crippen molar-refractivity contribution in [2.45, 2.75) is 155 Å². The fourth-order valence-electron chi connectivity index (χ4n) is 11.1. The standard InChI is InChI=1S/C46H71NO6/c1-5-6-7-8-9-10-11-12-13-14-15-16-17-18-19-20-21-22-44(52)53-36-29-30-45(3)35(31-36)24-25-37-39-27-26-38(46(39,4)41(48)32-40(37)45)34(2)23-28-42(49)47-33-43(50)51/h6-7,9-10,12-13,15-16,18-19,34-41,48H,5,8,11,14,17,20-33H2,1-4H3,(H,47,49)(H,50,51)/b7-6-,10-9-,13-12-,16-15-,19-18-. The first-order valence-electron chi connectivity index (χ1n) is 21.1. The second-order valence-corrected chi connectivity index (χ2v) is 17.1. The van der Waals surface area contributed by atoms with Crippen molar-refractivity contribution < 1.29 is 29.3 Å². The van der Waals surface area contributed by atoms with Crippen molar-refractivity contribution in [2.24, 2.45) is 46.3 Å². The monoisotopic (exact) mass is 734 g/mol. The number of unbranched alkanes of at least 4 members (excludes halogenated alkanes) is 1. The highest BCUT2D eigenvalue weighted by molar-refractivity contribution is 5.81. The number of nitrogens with one attached hydrogen (secondary N) is 1. The Kier molecular flexibility index (Phi) is 17.2. The van der Waals surface area contributed by atoms with E-state index in [-0.39, 0.29) is 47.4 Å². The Morgan fingerprint density at radius 3 is 2.09 bits per heavy atom. The zero-order valence-corrected chi connectivity index (χ0v) is 33.4. The molecule has 296 valence electrons. The van der Waals surface area contributed by atoms with Gasteiger partial charge in [0.25, 0.3) is 0 Å². The number of allylic oxidation sites excluding steroid dienone is 10. The van der Waals surface area contributed by atoms with Gasteiger partial charge in [-0.25, -0.2) is 0 Å². The lowest BCUT2D eigenvalue weighted by atomic mass is 9.43. The van der Waals surface area contributed by atoms with Gasteiger partial charge >= 0.3 is 11.9 Å². The molecule has 7 nitrogen and oxygen atoms in total. The summed E-state index contributed by atoms with van der Waals surface area (Å²) in [5, 5.41) is 23.3. The minimum atomic E-state index is -1.03. The van der Waals surface area contributed by atoms with Crippen LogP contribution in [0, 0.1) is 46.3 Å². The minimum absolute atomic E-state index is 0.00835. The molecule has 0 bridgehead atoms. The quantitative estimate of drug-likeness (QED) is 0.0652. The Bertz CT molecular complexity index is 1330. The maximum atomic E-state index is 12.8. The van der Waals surface area contributed by atoms with Crippen molar-refractivity contribution in [3.63, 3.8) is 0 Å². The number of carboxylic acid groups (broad SMARTS) is 1. The number of aliphatic carboxylic acids is 1. The highest BCUT2D eigenvalue weighted by Crippen LogP contribution is 2.68. The number of hydrogen-bond donors (Lipinski definition) is 3. The minimum Gasteiger partial charge on any atom is -0.480 e. The summed E-state index contributed by atoms with van der Waals surface area (Å²) in [5.74, 6) is 1.45. The molecule has 1 amide bonds. The van der Waals surface area contributed by atoms with E-state index in [0.717, 1.165) is 83.5 Å². The van der Waals surface area contributed by atoms with Gasteiger partial charge in [-0.05, 0) is 149 Å². The van der Waals surface area contributed by atoms with E-state index < -0.39 is 5.97 Å². The molecule has 0 spiro atoms. The summed E-state index contributed by atoms with van der Waals surface area (Å²) in [4.78, 5) is 35.9. The van der Waals surface area contributed by atoms with Gasteiger partial charge < -0.3 is 20.3 Å². The van der Waals surface area contributed by atoms with Gasteiger partial charge in [-0.15, -0.1) is 0 Å². The van der Waals surface area contributed by atoms with E-state index in [2.05, 4.69) is 93.8 Å². The first-order valence-corrected chi connectivity index (χ1v) is 21.1. The molecule has 53 heavy (non-hydrogen) atoms. The number of aliphatic hydroxyl groups is 1. The summed E-state index contributed by atoms with van der Waals surface area (Å²) in [6.45, 7) is 8.82. The Morgan fingerprint density at radius 1 is 0.811 bits per heavy atom. The second-order valence-electron chi connectivity index (χ2n) is 17.1. The molecule has 7 heteroatoms. The van der Waals surface area contributed by atoms with Crippen LogP contribution in [0.3, 0.4) is 0 Å². The number of esters is 1. The molecule has 0 heterocycles. The molecular weight excluding hydrogens is 663 g/mol. The Hall–Kier alpha value is -2.93. The molecular formula is C46H71NO6. The molecule has 0 aromatic heterocycles. The predicted molar refractivity (Wildman–Crippen MR) is 214 cm³/mol. The maximum Gasteiger partial charge on any atom is 0.322 e. The molecule has 0 aromatic rings. The highest BCUT2D eigenvalue weighted by Gasteiger charge is 2.63. The lowest BCUT2D eigenvalue weighted by molar-refractivity contribution is -0.181. The van der Waals surface area contributed by atoms with E-state index in [1.807, 2.05) is 0 Å². The van der Waals surface area contributed by atoms with Crippen LogP contribution in [0.5, 0.6) is 0 Å². The van der Waals surface area contributed by atoms with Crippen LogP contribution < -0.4 is 5.32 Å². The smallest absolute Gasteiger partial charge is 0.322 e. The normalized spacial score (nSPS) is 33.4. The number of aliphatic hydroxyl groups excluding tert-OH is 1. The topological polar surface area (TPSA) is 113 Å². The number of ether oxygens (including phenoxy) is 1. The second kappa shape index (κ2) is 21.2. The molecule has 10 unspecified atom stereocenters. The Morgan fingerprint density at radius 2 is 1.45 bits per heavy atom. The van der Waals surface area contributed by atoms with Gasteiger partial charge in [0.05, 0.1) is 6.10 Å². The van der Waals surface area contributed by atoms with Crippen LogP contribution in [0.4, 0.5) is 0 Å². The first-order chi connectivity index (χ1) is 25.5. The largest absolute Gasteiger partial charge is 0.480 e. The van der Waals surface area contributed by atoms with Crippen molar-refractivity contribution >= 4 is 17.8 Å². The van der Waals surface area contributed by atoms with Gasteiger partial charge in [-0.2, -0.15) is 0 Å². The van der Waals surface area contributed by atoms with Gasteiger partial charge in [0.15, 0.2) is 0 Å². The number of fused-ring (bicyclic) bond motifs is 5. The van der Waals surface area contributed by atoms with E-state index in [9.17, 15) is 19.5 Å². The number of rotatable bonds is 20. The van der Waals surface area contributed by atoms with Crippen molar-refractivity contribution in [3.05, 3.63) is 60.8 Å². The highest BCUT2D eigenvalue weighted by atomic mass is 16.5. The van der Waals surface area contributed by atoms with Gasteiger partial charge in [0, 0.05) is 12.8 Å². The molecule has 4 aliphatic carbocycles. The molecule has 4 aliphatic rings. The number of hydrogen-bond acceptors (Lipinski definition) is 5. The van der Waals surface area contributed by atoms with Gasteiger partial charge in [0.2, 0.25) is 5.91 Å². The van der Waals surface area contributed by atoms with E-state index in [1.165, 1.54) is 12.8 Å². The molecule has 0 radical (unpaired) electrons. The predicted octanol–water partition coefficient (Wildman–Crippen LogP) is 10.1. The molecule has 4 rings (SSSR count). The van der Waals surface area contributed by atoms with Crippen molar-refractivity contribution in [1.29, 1.82) is 0 Å². The molecule has 0 aromatic carbocycles. The average molecular weight is 734 g/mol.